The SMILES string of the molecule is CCOC1CC(Nc2c(F)c(F)cc(F)c2F)C1. The first-order valence-corrected chi connectivity index (χ1v) is 5.74. The van der Waals surface area contributed by atoms with Gasteiger partial charge in [-0.15, -0.1) is 0 Å². The molecule has 0 unspecified atom stereocenters. The van der Waals surface area contributed by atoms with Crippen LogP contribution in [-0.2, 0) is 4.74 Å². The molecule has 6 heteroatoms. The zero-order valence-electron chi connectivity index (χ0n) is 9.77. The summed E-state index contributed by atoms with van der Waals surface area (Å²) in [6, 6.07) is -0.0358. The van der Waals surface area contributed by atoms with Crippen LogP contribution in [0.2, 0.25) is 0 Å². The Labute approximate surface area is 102 Å². The van der Waals surface area contributed by atoms with Crippen LogP contribution < -0.4 is 5.32 Å². The first-order valence-electron chi connectivity index (χ1n) is 5.74. The lowest BCUT2D eigenvalue weighted by atomic mass is 9.89. The van der Waals surface area contributed by atoms with Gasteiger partial charge in [-0.2, -0.15) is 0 Å². The maximum Gasteiger partial charge on any atom is 0.185 e. The van der Waals surface area contributed by atoms with Crippen molar-refractivity contribution in [2.45, 2.75) is 31.9 Å². The van der Waals surface area contributed by atoms with Crippen LogP contribution in [0.5, 0.6) is 0 Å². The number of ether oxygens (including phenoxy) is 1. The van der Waals surface area contributed by atoms with E-state index >= 15 is 0 Å². The van der Waals surface area contributed by atoms with Crippen LogP contribution in [-0.4, -0.2) is 18.8 Å². The summed E-state index contributed by atoms with van der Waals surface area (Å²) in [5.74, 6) is -5.60. The molecule has 0 radical (unpaired) electrons. The minimum absolute atomic E-state index is 0.0389. The first-order chi connectivity index (χ1) is 8.52. The van der Waals surface area contributed by atoms with Crippen LogP contribution >= 0.6 is 0 Å². The van der Waals surface area contributed by atoms with E-state index in [2.05, 4.69) is 5.32 Å². The van der Waals surface area contributed by atoms with Gasteiger partial charge in [0.1, 0.15) is 5.69 Å². The van der Waals surface area contributed by atoms with Crippen molar-refractivity contribution in [2.24, 2.45) is 0 Å². The summed E-state index contributed by atoms with van der Waals surface area (Å²) in [5.41, 5.74) is -0.743. The molecule has 1 aliphatic rings. The molecule has 1 N–H and O–H groups in total. The Morgan fingerprint density at radius 3 is 2.22 bits per heavy atom. The lowest BCUT2D eigenvalue weighted by Crippen LogP contribution is -2.41. The van der Waals surface area contributed by atoms with Gasteiger partial charge in [0, 0.05) is 18.7 Å². The fourth-order valence-electron chi connectivity index (χ4n) is 1.96. The largest absolute Gasteiger partial charge is 0.378 e. The quantitative estimate of drug-likeness (QED) is 0.665. The second kappa shape index (κ2) is 5.14. The molecular weight excluding hydrogens is 250 g/mol. The first kappa shape index (κ1) is 13.1. The van der Waals surface area contributed by atoms with E-state index in [1.54, 1.807) is 0 Å². The molecule has 1 aromatic rings. The van der Waals surface area contributed by atoms with Crippen molar-refractivity contribution < 1.29 is 22.3 Å². The number of benzene rings is 1. The molecule has 0 bridgehead atoms. The number of hydrogen-bond acceptors (Lipinski definition) is 2. The summed E-state index contributed by atoms with van der Waals surface area (Å²) in [6.45, 7) is 2.41. The number of rotatable bonds is 4. The molecule has 0 aromatic heterocycles. The van der Waals surface area contributed by atoms with Crippen LogP contribution in [0, 0.1) is 23.3 Å². The van der Waals surface area contributed by atoms with Gasteiger partial charge >= 0.3 is 0 Å². The third-order valence-corrected chi connectivity index (χ3v) is 2.96. The third kappa shape index (κ3) is 2.43. The van der Waals surface area contributed by atoms with Gasteiger partial charge in [-0.3, -0.25) is 0 Å². The molecule has 1 aliphatic carbocycles. The van der Waals surface area contributed by atoms with Crippen molar-refractivity contribution in [3.8, 4) is 0 Å². The number of halogens is 4. The van der Waals surface area contributed by atoms with Gasteiger partial charge in [-0.05, 0) is 19.8 Å². The Bertz CT molecular complexity index is 420. The molecule has 0 amide bonds. The van der Waals surface area contributed by atoms with E-state index in [1.165, 1.54) is 0 Å². The fourth-order valence-corrected chi connectivity index (χ4v) is 1.96. The van der Waals surface area contributed by atoms with Gasteiger partial charge in [0.05, 0.1) is 6.10 Å². The van der Waals surface area contributed by atoms with E-state index in [4.69, 9.17) is 4.74 Å². The third-order valence-electron chi connectivity index (χ3n) is 2.96. The van der Waals surface area contributed by atoms with Gasteiger partial charge in [-0.1, -0.05) is 0 Å². The lowest BCUT2D eigenvalue weighted by molar-refractivity contribution is 0.00285. The van der Waals surface area contributed by atoms with Crippen LogP contribution in [0.3, 0.4) is 0 Å². The Balaban J connectivity index is 2.07. The van der Waals surface area contributed by atoms with E-state index in [-0.39, 0.29) is 18.2 Å². The molecule has 100 valence electrons. The Kier molecular flexibility index (Phi) is 3.75. The second-order valence-corrected chi connectivity index (χ2v) is 4.23. The minimum atomic E-state index is -1.41. The van der Waals surface area contributed by atoms with Gasteiger partial charge in [0.15, 0.2) is 23.3 Å². The highest BCUT2D eigenvalue weighted by atomic mass is 19.2. The van der Waals surface area contributed by atoms with Crippen molar-refractivity contribution in [3.05, 3.63) is 29.3 Å². The van der Waals surface area contributed by atoms with Crippen LogP contribution in [0.15, 0.2) is 6.07 Å². The average Bonchev–Trinajstić information content (AvgIpc) is 2.28. The van der Waals surface area contributed by atoms with Gasteiger partial charge in [-0.25, -0.2) is 17.6 Å². The summed E-state index contributed by atoms with van der Waals surface area (Å²) in [7, 11) is 0. The van der Waals surface area contributed by atoms with E-state index in [0.717, 1.165) is 0 Å². The Morgan fingerprint density at radius 2 is 1.72 bits per heavy atom. The van der Waals surface area contributed by atoms with Crippen molar-refractivity contribution >= 4 is 5.69 Å². The molecule has 2 rings (SSSR count). The van der Waals surface area contributed by atoms with Crippen molar-refractivity contribution in [3.63, 3.8) is 0 Å². The molecule has 1 saturated carbocycles. The molecule has 0 atom stereocenters. The smallest absolute Gasteiger partial charge is 0.185 e. The molecule has 18 heavy (non-hydrogen) atoms. The van der Waals surface area contributed by atoms with Crippen molar-refractivity contribution in [1.29, 1.82) is 0 Å². The minimum Gasteiger partial charge on any atom is -0.378 e. The molecule has 0 heterocycles. The van der Waals surface area contributed by atoms with Gasteiger partial charge < -0.3 is 10.1 Å². The van der Waals surface area contributed by atoms with E-state index in [1.807, 2.05) is 6.92 Å². The standard InChI is InChI=1S/C12H13F4NO/c1-2-18-7-3-6(4-7)17-12-10(15)8(13)5-9(14)11(12)16/h5-7,17H,2-4H2,1H3. The van der Waals surface area contributed by atoms with Crippen LogP contribution in [0.25, 0.3) is 0 Å². The highest BCUT2D eigenvalue weighted by Crippen LogP contribution is 2.30. The number of nitrogens with one attached hydrogen (secondary N) is 1. The number of hydrogen-bond donors (Lipinski definition) is 1. The molecule has 0 aliphatic heterocycles. The molecular formula is C12H13F4NO. The summed E-state index contributed by atoms with van der Waals surface area (Å²) in [5, 5.41) is 2.47. The van der Waals surface area contributed by atoms with E-state index < -0.39 is 29.0 Å². The zero-order valence-corrected chi connectivity index (χ0v) is 9.77. The summed E-state index contributed by atoms with van der Waals surface area (Å²) in [6.07, 6.45) is 1.16. The predicted octanol–water partition coefficient (Wildman–Crippen LogP) is 3.22. The fraction of sp³-hybridized carbons (Fsp3) is 0.500. The molecule has 1 fully saturated rings. The molecule has 2 nitrogen and oxygen atoms in total. The lowest BCUT2D eigenvalue weighted by Gasteiger charge is -2.36. The normalized spacial score (nSPS) is 22.7. The molecule has 0 saturated heterocycles. The summed E-state index contributed by atoms with van der Waals surface area (Å²) in [4.78, 5) is 0. The average molecular weight is 263 g/mol. The molecule has 1 aromatic carbocycles. The van der Waals surface area contributed by atoms with Gasteiger partial charge in [0.25, 0.3) is 0 Å². The Morgan fingerprint density at radius 1 is 1.17 bits per heavy atom. The second-order valence-electron chi connectivity index (χ2n) is 4.23. The van der Waals surface area contributed by atoms with Crippen LogP contribution in [0.4, 0.5) is 23.2 Å². The van der Waals surface area contributed by atoms with E-state index in [0.29, 0.717) is 19.4 Å². The van der Waals surface area contributed by atoms with Crippen molar-refractivity contribution in [1.82, 2.24) is 0 Å². The van der Waals surface area contributed by atoms with Crippen molar-refractivity contribution in [2.75, 3.05) is 11.9 Å². The van der Waals surface area contributed by atoms with Gasteiger partial charge in [0.2, 0.25) is 0 Å². The highest BCUT2D eigenvalue weighted by Gasteiger charge is 2.31. The maximum atomic E-state index is 13.3. The Hall–Kier alpha value is -1.30. The topological polar surface area (TPSA) is 21.3 Å². The molecule has 0 spiro atoms. The highest BCUT2D eigenvalue weighted by molar-refractivity contribution is 5.48. The monoisotopic (exact) mass is 263 g/mol. The zero-order chi connectivity index (χ0) is 13.3. The number of anilines is 1. The summed E-state index contributed by atoms with van der Waals surface area (Å²) < 4.78 is 57.8. The van der Waals surface area contributed by atoms with E-state index in [9.17, 15) is 17.6 Å². The summed E-state index contributed by atoms with van der Waals surface area (Å²) >= 11 is 0. The predicted molar refractivity (Wildman–Crippen MR) is 58.3 cm³/mol. The van der Waals surface area contributed by atoms with Crippen LogP contribution in [0.1, 0.15) is 19.8 Å². The maximum absolute atomic E-state index is 13.3.